The van der Waals surface area contributed by atoms with E-state index in [9.17, 15) is 19.1 Å². The van der Waals surface area contributed by atoms with Gasteiger partial charge in [0.2, 0.25) is 0 Å². The van der Waals surface area contributed by atoms with Crippen LogP contribution in [0.4, 0.5) is 10.2 Å². The highest BCUT2D eigenvalue weighted by Gasteiger charge is 2.32. The number of benzene rings is 1. The molecule has 3 aromatic rings. The minimum Gasteiger partial charge on any atom is -0.507 e. The number of fused-ring (bicyclic) bond motifs is 1. The first kappa shape index (κ1) is 17.7. The van der Waals surface area contributed by atoms with Crippen molar-refractivity contribution in [1.82, 2.24) is 9.78 Å². The molecule has 0 saturated carbocycles. The molecule has 1 aromatic carbocycles. The van der Waals surface area contributed by atoms with Crippen LogP contribution in [0.25, 0.3) is 0 Å². The van der Waals surface area contributed by atoms with Crippen LogP contribution in [0, 0.1) is 12.7 Å². The second-order valence-corrected chi connectivity index (χ2v) is 6.40. The highest BCUT2D eigenvalue weighted by atomic mass is 19.1. The predicted octanol–water partition coefficient (Wildman–Crippen LogP) is 2.20. The summed E-state index contributed by atoms with van der Waals surface area (Å²) < 4.78 is 20.9. The summed E-state index contributed by atoms with van der Waals surface area (Å²) in [6, 6.07) is 6.69. The third kappa shape index (κ3) is 2.77. The fourth-order valence-electron chi connectivity index (χ4n) is 3.32. The second kappa shape index (κ2) is 6.45. The lowest BCUT2D eigenvalue weighted by atomic mass is 9.95. The van der Waals surface area contributed by atoms with Gasteiger partial charge in [0.25, 0.3) is 5.91 Å². The van der Waals surface area contributed by atoms with Gasteiger partial charge < -0.3 is 15.3 Å². The molecule has 0 spiro atoms. The summed E-state index contributed by atoms with van der Waals surface area (Å²) >= 11 is 0. The Labute approximate surface area is 157 Å². The molecule has 2 aromatic heterocycles. The van der Waals surface area contributed by atoms with Crippen LogP contribution in [0.3, 0.4) is 0 Å². The van der Waals surface area contributed by atoms with Gasteiger partial charge in [-0.15, -0.1) is 0 Å². The maximum Gasteiger partial charge on any atom is 0.348 e. The average Bonchev–Trinajstić information content (AvgIpc) is 3.05. The Kier molecular flexibility index (Phi) is 4.07. The van der Waals surface area contributed by atoms with Crippen molar-refractivity contribution >= 4 is 17.4 Å². The van der Waals surface area contributed by atoms with Crippen LogP contribution in [-0.4, -0.2) is 26.5 Å². The number of amides is 1. The highest BCUT2D eigenvalue weighted by molar-refractivity contribution is 6.06. The molecule has 9 heteroatoms. The van der Waals surface area contributed by atoms with Gasteiger partial charge in [-0.25, -0.2) is 18.9 Å². The van der Waals surface area contributed by atoms with Crippen molar-refractivity contribution in [2.75, 3.05) is 0 Å². The van der Waals surface area contributed by atoms with Crippen LogP contribution < -0.4 is 11.4 Å². The zero-order valence-corrected chi connectivity index (χ0v) is 14.7. The van der Waals surface area contributed by atoms with Crippen molar-refractivity contribution in [3.05, 3.63) is 75.2 Å². The molecule has 0 bridgehead atoms. The number of rotatable bonds is 3. The Hall–Kier alpha value is -3.75. The van der Waals surface area contributed by atoms with E-state index in [2.05, 4.69) is 10.1 Å². The number of aryl methyl sites for hydroxylation is 1. The molecule has 1 aliphatic heterocycles. The molecule has 0 radical (unpaired) electrons. The van der Waals surface area contributed by atoms with Gasteiger partial charge >= 0.3 is 5.63 Å². The number of aromatic hydroxyl groups is 1. The fourth-order valence-corrected chi connectivity index (χ4v) is 3.32. The summed E-state index contributed by atoms with van der Waals surface area (Å²) in [4.78, 5) is 28.4. The van der Waals surface area contributed by atoms with Crippen LogP contribution in [0.15, 0.2) is 50.7 Å². The largest absolute Gasteiger partial charge is 0.507 e. The molecule has 4 rings (SSSR count). The quantitative estimate of drug-likeness (QED) is 0.719. The van der Waals surface area contributed by atoms with E-state index >= 15 is 0 Å². The monoisotopic (exact) mass is 382 g/mol. The van der Waals surface area contributed by atoms with Crippen LogP contribution in [0.1, 0.15) is 39.7 Å². The van der Waals surface area contributed by atoms with Gasteiger partial charge in [-0.3, -0.25) is 4.79 Å². The Morgan fingerprint density at radius 3 is 2.82 bits per heavy atom. The van der Waals surface area contributed by atoms with E-state index in [1.165, 1.54) is 29.9 Å². The third-order valence-corrected chi connectivity index (χ3v) is 4.56. The maximum atomic E-state index is 14.5. The Bertz CT molecular complexity index is 1190. The van der Waals surface area contributed by atoms with E-state index in [4.69, 9.17) is 10.2 Å². The lowest BCUT2D eigenvalue weighted by molar-refractivity contribution is 0.100. The van der Waals surface area contributed by atoms with Crippen LogP contribution in [-0.2, 0) is 0 Å². The summed E-state index contributed by atoms with van der Waals surface area (Å²) in [7, 11) is 0. The van der Waals surface area contributed by atoms with Crippen molar-refractivity contribution in [3.63, 3.8) is 0 Å². The number of hydrogen-bond donors (Lipinski definition) is 2. The van der Waals surface area contributed by atoms with Crippen LogP contribution in [0.5, 0.6) is 5.75 Å². The summed E-state index contributed by atoms with van der Waals surface area (Å²) in [5.41, 5.74) is 4.94. The molecule has 1 atom stereocenters. The molecule has 3 N–H and O–H groups in total. The van der Waals surface area contributed by atoms with Gasteiger partial charge in [0.15, 0.2) is 5.82 Å². The zero-order valence-electron chi connectivity index (χ0n) is 14.7. The number of aliphatic imine (C=N–C) groups is 1. The molecule has 0 unspecified atom stereocenters. The molecule has 0 fully saturated rings. The molecule has 1 aliphatic rings. The van der Waals surface area contributed by atoms with E-state index in [0.29, 0.717) is 5.56 Å². The Balaban J connectivity index is 1.96. The van der Waals surface area contributed by atoms with Crippen molar-refractivity contribution in [2.45, 2.75) is 19.4 Å². The molecule has 3 heterocycles. The molecule has 8 nitrogen and oxygen atoms in total. The smallest absolute Gasteiger partial charge is 0.348 e. The van der Waals surface area contributed by atoms with Crippen molar-refractivity contribution in [1.29, 1.82) is 0 Å². The molecule has 1 amide bonds. The lowest BCUT2D eigenvalue weighted by Gasteiger charge is -2.25. The summed E-state index contributed by atoms with van der Waals surface area (Å²) in [5, 5.41) is 14.4. The van der Waals surface area contributed by atoms with Crippen LogP contribution in [0.2, 0.25) is 0 Å². The minimum atomic E-state index is -0.780. The topological polar surface area (TPSA) is 124 Å². The lowest BCUT2D eigenvalue weighted by Crippen LogP contribution is -2.26. The SMILES string of the molecule is Cc1cc(O)c(C2=Nc3c(C(N)=O)cnn3[C@@H](c3ccccc3F)C2)c(=O)o1. The number of carbonyl (C=O) groups is 1. The third-order valence-electron chi connectivity index (χ3n) is 4.56. The van der Waals surface area contributed by atoms with Gasteiger partial charge in [0, 0.05) is 18.1 Å². The normalized spacial score (nSPS) is 15.8. The summed E-state index contributed by atoms with van der Waals surface area (Å²) in [6.45, 7) is 1.52. The van der Waals surface area contributed by atoms with Gasteiger partial charge in [-0.2, -0.15) is 5.10 Å². The molecule has 28 heavy (non-hydrogen) atoms. The Morgan fingerprint density at radius 2 is 2.14 bits per heavy atom. The van der Waals surface area contributed by atoms with E-state index in [1.807, 2.05) is 0 Å². The Morgan fingerprint density at radius 1 is 1.39 bits per heavy atom. The molecular formula is C19H15FN4O4. The van der Waals surface area contributed by atoms with Gasteiger partial charge in [0.1, 0.15) is 28.5 Å². The molecule has 0 aliphatic carbocycles. The zero-order chi connectivity index (χ0) is 20.0. The number of hydrogen-bond acceptors (Lipinski definition) is 6. The number of nitrogens with two attached hydrogens (primary N) is 1. The van der Waals surface area contributed by atoms with E-state index < -0.39 is 23.4 Å². The van der Waals surface area contributed by atoms with Gasteiger partial charge in [0.05, 0.1) is 18.0 Å². The van der Waals surface area contributed by atoms with E-state index in [-0.39, 0.29) is 40.6 Å². The summed E-state index contributed by atoms with van der Waals surface area (Å²) in [5.74, 6) is -1.24. The number of primary amides is 1. The van der Waals surface area contributed by atoms with Crippen molar-refractivity contribution in [2.24, 2.45) is 10.7 Å². The van der Waals surface area contributed by atoms with Gasteiger partial charge in [-0.1, -0.05) is 18.2 Å². The summed E-state index contributed by atoms with van der Waals surface area (Å²) in [6.07, 6.45) is 1.30. The number of carbonyl (C=O) groups excluding carboxylic acids is 1. The number of halogens is 1. The number of aromatic nitrogens is 2. The van der Waals surface area contributed by atoms with E-state index in [0.717, 1.165) is 0 Å². The molecule has 0 saturated heterocycles. The van der Waals surface area contributed by atoms with Crippen molar-refractivity contribution < 1.29 is 18.7 Å². The van der Waals surface area contributed by atoms with Crippen molar-refractivity contribution in [3.8, 4) is 5.75 Å². The molecular weight excluding hydrogens is 367 g/mol. The standard InChI is InChI=1S/C19H15FN4O4/c1-9-6-15(25)16(19(27)28-9)13-7-14(10-4-2-3-5-12(10)20)24-18(23-13)11(8-22-24)17(21)26/h2-6,8,14,25H,7H2,1H3,(H2,21,26)/t14-/m1/s1. The number of nitrogens with zero attached hydrogens (tertiary/aromatic N) is 3. The highest BCUT2D eigenvalue weighted by Crippen LogP contribution is 2.37. The van der Waals surface area contributed by atoms with Crippen LogP contribution >= 0.6 is 0 Å². The minimum absolute atomic E-state index is 0.0227. The average molecular weight is 382 g/mol. The van der Waals surface area contributed by atoms with Gasteiger partial charge in [-0.05, 0) is 13.0 Å². The fraction of sp³-hybridized carbons (Fsp3) is 0.158. The van der Waals surface area contributed by atoms with E-state index in [1.54, 1.807) is 18.2 Å². The molecule has 142 valence electrons. The second-order valence-electron chi connectivity index (χ2n) is 6.40. The maximum absolute atomic E-state index is 14.5. The first-order chi connectivity index (χ1) is 13.4. The predicted molar refractivity (Wildman–Crippen MR) is 97.5 cm³/mol. The first-order valence-electron chi connectivity index (χ1n) is 8.40. The first-order valence-corrected chi connectivity index (χ1v) is 8.40.